The Morgan fingerprint density at radius 1 is 1.53 bits per heavy atom. The summed E-state index contributed by atoms with van der Waals surface area (Å²) in [5, 5.41) is 21.1. The molecule has 0 radical (unpaired) electrons. The first-order chi connectivity index (χ1) is 9.06. The first kappa shape index (κ1) is 14.3. The molecule has 1 aromatic carbocycles. The molecule has 0 bridgehead atoms. The smallest absolute Gasteiger partial charge is 0.306 e. The Morgan fingerprint density at radius 3 is 3.05 bits per heavy atom. The molecule has 0 saturated carbocycles. The molecule has 1 atom stereocenters. The van der Waals surface area contributed by atoms with Crippen molar-refractivity contribution in [3.63, 3.8) is 0 Å². The number of hydrogen-bond donors (Lipinski definition) is 3. The second-order valence-electron chi connectivity index (χ2n) is 4.53. The SMILES string of the molecule is O=C(O)CC(O)CNCc1cc(Br)cc2c1OCC2. The fourth-order valence-corrected chi connectivity index (χ4v) is 2.68. The van der Waals surface area contributed by atoms with Gasteiger partial charge in [-0.1, -0.05) is 15.9 Å². The van der Waals surface area contributed by atoms with Gasteiger partial charge < -0.3 is 20.3 Å². The number of hydrogen-bond acceptors (Lipinski definition) is 4. The van der Waals surface area contributed by atoms with Crippen molar-refractivity contribution in [1.82, 2.24) is 5.32 Å². The quantitative estimate of drug-likeness (QED) is 0.733. The predicted octanol–water partition coefficient (Wildman–Crippen LogP) is 1.31. The minimum Gasteiger partial charge on any atom is -0.493 e. The van der Waals surface area contributed by atoms with Gasteiger partial charge in [0.15, 0.2) is 0 Å². The van der Waals surface area contributed by atoms with Crippen LogP contribution in [0, 0.1) is 0 Å². The Balaban J connectivity index is 1.91. The van der Waals surface area contributed by atoms with Crippen molar-refractivity contribution in [2.75, 3.05) is 13.2 Å². The van der Waals surface area contributed by atoms with E-state index in [2.05, 4.69) is 21.2 Å². The number of rotatable bonds is 6. The zero-order valence-electron chi connectivity index (χ0n) is 10.4. The third kappa shape index (κ3) is 3.92. The minimum atomic E-state index is -0.999. The van der Waals surface area contributed by atoms with Crippen LogP contribution in [-0.4, -0.2) is 35.4 Å². The summed E-state index contributed by atoms with van der Waals surface area (Å²) in [4.78, 5) is 10.4. The molecule has 1 aromatic rings. The lowest BCUT2D eigenvalue weighted by Gasteiger charge is -2.12. The van der Waals surface area contributed by atoms with Crippen molar-refractivity contribution in [2.24, 2.45) is 0 Å². The Morgan fingerprint density at radius 2 is 2.32 bits per heavy atom. The summed E-state index contributed by atoms with van der Waals surface area (Å²) in [5.41, 5.74) is 2.20. The van der Waals surface area contributed by atoms with Crippen molar-refractivity contribution in [2.45, 2.75) is 25.5 Å². The van der Waals surface area contributed by atoms with Crippen molar-refractivity contribution >= 4 is 21.9 Å². The largest absolute Gasteiger partial charge is 0.493 e. The van der Waals surface area contributed by atoms with E-state index in [0.29, 0.717) is 13.2 Å². The first-order valence-corrected chi connectivity index (χ1v) is 6.90. The molecule has 0 aliphatic carbocycles. The average molecular weight is 330 g/mol. The lowest BCUT2D eigenvalue weighted by Crippen LogP contribution is -2.28. The van der Waals surface area contributed by atoms with E-state index < -0.39 is 12.1 Å². The summed E-state index contributed by atoms with van der Waals surface area (Å²) in [6.07, 6.45) is -0.220. The standard InChI is InChI=1S/C13H16BrNO4/c14-10-3-8-1-2-19-13(8)9(4-10)6-15-7-11(16)5-12(17)18/h3-4,11,15-16H,1-2,5-7H2,(H,17,18). The number of carboxylic acids is 1. The highest BCUT2D eigenvalue weighted by atomic mass is 79.9. The van der Waals surface area contributed by atoms with Crippen LogP contribution in [0.2, 0.25) is 0 Å². The summed E-state index contributed by atoms with van der Waals surface area (Å²) in [7, 11) is 0. The Hall–Kier alpha value is -1.11. The Kier molecular flexibility index (Phi) is 4.79. The number of carboxylic acid groups (broad SMARTS) is 1. The van der Waals surface area contributed by atoms with Gasteiger partial charge in [0.2, 0.25) is 0 Å². The van der Waals surface area contributed by atoms with Crippen LogP contribution < -0.4 is 10.1 Å². The number of carbonyl (C=O) groups is 1. The van der Waals surface area contributed by atoms with Gasteiger partial charge in [0, 0.05) is 29.5 Å². The topological polar surface area (TPSA) is 78.8 Å². The second-order valence-corrected chi connectivity index (χ2v) is 5.45. The molecule has 0 spiro atoms. The van der Waals surface area contributed by atoms with Gasteiger partial charge >= 0.3 is 5.97 Å². The summed E-state index contributed by atoms with van der Waals surface area (Å²) < 4.78 is 6.59. The molecule has 0 amide bonds. The molecular formula is C13H16BrNO4. The number of aliphatic carboxylic acids is 1. The monoisotopic (exact) mass is 329 g/mol. The average Bonchev–Trinajstić information content (AvgIpc) is 2.75. The van der Waals surface area contributed by atoms with Gasteiger partial charge in [-0.2, -0.15) is 0 Å². The number of aliphatic hydroxyl groups is 1. The maximum absolute atomic E-state index is 10.4. The molecule has 0 saturated heterocycles. The summed E-state index contributed by atoms with van der Waals surface area (Å²) in [6.45, 7) is 1.48. The van der Waals surface area contributed by atoms with Gasteiger partial charge in [-0.05, 0) is 17.7 Å². The van der Waals surface area contributed by atoms with Gasteiger partial charge in [-0.15, -0.1) is 0 Å². The van der Waals surface area contributed by atoms with Crippen LogP contribution >= 0.6 is 15.9 Å². The van der Waals surface area contributed by atoms with Crippen molar-refractivity contribution in [1.29, 1.82) is 0 Å². The number of nitrogens with one attached hydrogen (secondary N) is 1. The lowest BCUT2D eigenvalue weighted by atomic mass is 10.1. The van der Waals surface area contributed by atoms with Crippen LogP contribution in [-0.2, 0) is 17.8 Å². The summed E-state index contributed by atoms with van der Waals surface area (Å²) in [5.74, 6) is -0.0931. The lowest BCUT2D eigenvalue weighted by molar-refractivity contribution is -0.139. The van der Waals surface area contributed by atoms with Gasteiger partial charge in [0.05, 0.1) is 19.1 Å². The van der Waals surface area contributed by atoms with E-state index in [1.165, 1.54) is 5.56 Å². The van der Waals surface area contributed by atoms with E-state index in [9.17, 15) is 9.90 Å². The van der Waals surface area contributed by atoms with E-state index in [0.717, 1.165) is 22.2 Å². The van der Waals surface area contributed by atoms with Crippen LogP contribution in [0.25, 0.3) is 0 Å². The molecule has 2 rings (SSSR count). The summed E-state index contributed by atoms with van der Waals surface area (Å²) in [6, 6.07) is 4.02. The Bertz CT molecular complexity index is 478. The highest BCUT2D eigenvalue weighted by Crippen LogP contribution is 2.32. The minimum absolute atomic E-state index is 0.244. The normalized spacial score (nSPS) is 14.8. The van der Waals surface area contributed by atoms with E-state index in [4.69, 9.17) is 9.84 Å². The fraction of sp³-hybridized carbons (Fsp3) is 0.462. The molecule has 1 aliphatic rings. The van der Waals surface area contributed by atoms with Gasteiger partial charge in [0.25, 0.3) is 0 Å². The van der Waals surface area contributed by atoms with Crippen LogP contribution in [0.3, 0.4) is 0 Å². The molecule has 5 nitrogen and oxygen atoms in total. The highest BCUT2D eigenvalue weighted by molar-refractivity contribution is 9.10. The molecule has 6 heteroatoms. The number of aliphatic hydroxyl groups excluding tert-OH is 1. The van der Waals surface area contributed by atoms with E-state index in [1.54, 1.807) is 0 Å². The second kappa shape index (κ2) is 6.36. The van der Waals surface area contributed by atoms with Gasteiger partial charge in [-0.25, -0.2) is 0 Å². The maximum atomic E-state index is 10.4. The number of ether oxygens (including phenoxy) is 1. The number of halogens is 1. The molecule has 0 aromatic heterocycles. The van der Waals surface area contributed by atoms with Crippen molar-refractivity contribution < 1.29 is 19.7 Å². The Labute approximate surface area is 119 Å². The first-order valence-electron chi connectivity index (χ1n) is 6.11. The highest BCUT2D eigenvalue weighted by Gasteiger charge is 2.17. The number of fused-ring (bicyclic) bond motifs is 1. The third-order valence-electron chi connectivity index (χ3n) is 2.93. The molecule has 104 valence electrons. The van der Waals surface area contributed by atoms with Crippen molar-refractivity contribution in [3.05, 3.63) is 27.7 Å². The zero-order valence-corrected chi connectivity index (χ0v) is 11.9. The van der Waals surface area contributed by atoms with Crippen LogP contribution in [0.4, 0.5) is 0 Å². The molecule has 1 aliphatic heterocycles. The van der Waals surface area contributed by atoms with Crippen LogP contribution in [0.5, 0.6) is 5.75 Å². The molecule has 1 unspecified atom stereocenters. The molecule has 19 heavy (non-hydrogen) atoms. The van der Waals surface area contributed by atoms with E-state index in [-0.39, 0.29) is 13.0 Å². The summed E-state index contributed by atoms with van der Waals surface area (Å²) >= 11 is 3.46. The fourth-order valence-electron chi connectivity index (χ4n) is 2.12. The maximum Gasteiger partial charge on any atom is 0.306 e. The van der Waals surface area contributed by atoms with Crippen LogP contribution in [0.15, 0.2) is 16.6 Å². The van der Waals surface area contributed by atoms with Gasteiger partial charge in [0.1, 0.15) is 5.75 Å². The zero-order chi connectivity index (χ0) is 13.8. The van der Waals surface area contributed by atoms with Crippen LogP contribution in [0.1, 0.15) is 17.5 Å². The third-order valence-corrected chi connectivity index (χ3v) is 3.39. The number of benzene rings is 1. The molecule has 0 fully saturated rings. The van der Waals surface area contributed by atoms with Gasteiger partial charge in [-0.3, -0.25) is 4.79 Å². The predicted molar refractivity (Wildman–Crippen MR) is 73.3 cm³/mol. The molecular weight excluding hydrogens is 314 g/mol. The van der Waals surface area contributed by atoms with Crippen molar-refractivity contribution in [3.8, 4) is 5.75 Å². The molecule has 1 heterocycles. The van der Waals surface area contributed by atoms with E-state index in [1.807, 2.05) is 12.1 Å². The van der Waals surface area contributed by atoms with E-state index >= 15 is 0 Å². The molecule has 3 N–H and O–H groups in total.